The van der Waals surface area contributed by atoms with Crippen LogP contribution in [0.1, 0.15) is 53.2 Å². The number of nitrogens with one attached hydrogen (secondary N) is 1. The first-order valence-electron chi connectivity index (χ1n) is 9.10. The van der Waals surface area contributed by atoms with E-state index >= 15 is 0 Å². The number of ketones is 1. The van der Waals surface area contributed by atoms with Crippen molar-refractivity contribution in [2.75, 3.05) is 12.9 Å². The second kappa shape index (κ2) is 7.75. The standard InChI is InChI=1S/C19H23N3O5S/c1-4-5-6-12-13(18(23)14-11-20-22(2)19(14)24)7-8-16(28(3,25)26)17(12)15-9-10-27-21-15/h7-8,11,20H,4-6,9-10H2,1-3H3. The minimum atomic E-state index is -3.55. The first kappa shape index (κ1) is 20.1. The van der Waals surface area contributed by atoms with E-state index in [1.807, 2.05) is 6.92 Å². The molecule has 1 N–H and O–H groups in total. The lowest BCUT2D eigenvalue weighted by Gasteiger charge is -2.17. The molecule has 0 saturated carbocycles. The molecule has 0 unspecified atom stereocenters. The molecule has 1 aromatic heterocycles. The molecule has 0 fully saturated rings. The topological polar surface area (TPSA) is 111 Å². The van der Waals surface area contributed by atoms with Gasteiger partial charge in [-0.15, -0.1) is 0 Å². The zero-order valence-electron chi connectivity index (χ0n) is 16.1. The van der Waals surface area contributed by atoms with Crippen LogP contribution >= 0.6 is 0 Å². The van der Waals surface area contributed by atoms with Crippen molar-refractivity contribution in [1.82, 2.24) is 9.78 Å². The van der Waals surface area contributed by atoms with Crippen LogP contribution in [0.5, 0.6) is 0 Å². The molecule has 0 radical (unpaired) electrons. The Labute approximate surface area is 163 Å². The number of carbonyl (C=O) groups excluding carboxylic acids is 1. The van der Waals surface area contributed by atoms with Crippen LogP contribution in [0.25, 0.3) is 0 Å². The Balaban J connectivity index is 2.28. The van der Waals surface area contributed by atoms with Gasteiger partial charge in [0.1, 0.15) is 12.2 Å². The molecule has 28 heavy (non-hydrogen) atoms. The largest absolute Gasteiger partial charge is 0.395 e. The number of nitrogens with zero attached hydrogens (tertiary/aromatic N) is 2. The summed E-state index contributed by atoms with van der Waals surface area (Å²) in [4.78, 5) is 30.6. The molecule has 0 spiro atoms. The number of H-pyrrole nitrogens is 1. The first-order valence-corrected chi connectivity index (χ1v) is 11.0. The highest BCUT2D eigenvalue weighted by atomic mass is 32.2. The van der Waals surface area contributed by atoms with Crippen LogP contribution in [-0.4, -0.2) is 42.6 Å². The van der Waals surface area contributed by atoms with Gasteiger partial charge in [-0.25, -0.2) is 8.42 Å². The third kappa shape index (κ3) is 3.66. The van der Waals surface area contributed by atoms with E-state index in [-0.39, 0.29) is 10.5 Å². The van der Waals surface area contributed by atoms with Gasteiger partial charge in [0.25, 0.3) is 5.56 Å². The third-order valence-corrected chi connectivity index (χ3v) is 5.91. The summed E-state index contributed by atoms with van der Waals surface area (Å²) in [6.45, 7) is 2.38. The number of oxime groups is 1. The number of rotatable bonds is 7. The second-order valence-electron chi connectivity index (χ2n) is 6.84. The molecular weight excluding hydrogens is 382 g/mol. The van der Waals surface area contributed by atoms with Gasteiger partial charge in [0.05, 0.1) is 10.6 Å². The fourth-order valence-electron chi connectivity index (χ4n) is 3.33. The molecule has 1 aromatic carbocycles. The van der Waals surface area contributed by atoms with Gasteiger partial charge in [0.2, 0.25) is 0 Å². The van der Waals surface area contributed by atoms with E-state index in [1.54, 1.807) is 0 Å². The van der Waals surface area contributed by atoms with Gasteiger partial charge in [-0.05, 0) is 30.5 Å². The molecule has 9 heteroatoms. The summed E-state index contributed by atoms with van der Waals surface area (Å²) in [6.07, 6.45) is 5.10. The average molecular weight is 405 g/mol. The van der Waals surface area contributed by atoms with Crippen molar-refractivity contribution in [3.8, 4) is 0 Å². The fourth-order valence-corrected chi connectivity index (χ4v) is 4.26. The average Bonchev–Trinajstić information content (AvgIpc) is 3.29. The molecule has 8 nitrogen and oxygen atoms in total. The van der Waals surface area contributed by atoms with Crippen molar-refractivity contribution in [2.45, 2.75) is 37.5 Å². The molecule has 2 aromatic rings. The first-order chi connectivity index (χ1) is 13.3. The molecule has 0 amide bonds. The van der Waals surface area contributed by atoms with E-state index in [9.17, 15) is 18.0 Å². The number of aromatic nitrogens is 2. The summed E-state index contributed by atoms with van der Waals surface area (Å²) in [5.41, 5.74) is 1.46. The monoisotopic (exact) mass is 405 g/mol. The predicted octanol–water partition coefficient (Wildman–Crippen LogP) is 1.81. The molecule has 1 aliphatic heterocycles. The molecule has 0 aliphatic carbocycles. The van der Waals surface area contributed by atoms with Crippen molar-refractivity contribution < 1.29 is 18.0 Å². The molecule has 1 aliphatic rings. The Morgan fingerprint density at radius 2 is 2.07 bits per heavy atom. The van der Waals surface area contributed by atoms with Gasteiger partial charge in [-0.2, -0.15) is 0 Å². The quantitative estimate of drug-likeness (QED) is 0.707. The van der Waals surface area contributed by atoms with Gasteiger partial charge in [-0.3, -0.25) is 14.3 Å². The van der Waals surface area contributed by atoms with E-state index in [1.165, 1.54) is 30.1 Å². The normalized spacial score (nSPS) is 14.0. The Morgan fingerprint density at radius 1 is 1.32 bits per heavy atom. The molecule has 150 valence electrons. The lowest BCUT2D eigenvalue weighted by Crippen LogP contribution is -2.21. The molecular formula is C19H23N3O5S. The maximum absolute atomic E-state index is 13.1. The van der Waals surface area contributed by atoms with Crippen molar-refractivity contribution in [3.05, 3.63) is 50.9 Å². The second-order valence-corrected chi connectivity index (χ2v) is 8.83. The highest BCUT2D eigenvalue weighted by Gasteiger charge is 2.28. The Hall–Kier alpha value is -2.68. The number of carbonyl (C=O) groups is 1. The van der Waals surface area contributed by atoms with Crippen molar-refractivity contribution in [2.24, 2.45) is 12.2 Å². The Kier molecular flexibility index (Phi) is 5.55. The van der Waals surface area contributed by atoms with Crippen molar-refractivity contribution >= 4 is 21.3 Å². The summed E-state index contributed by atoms with van der Waals surface area (Å²) in [7, 11) is -2.02. The predicted molar refractivity (Wildman–Crippen MR) is 105 cm³/mol. The number of aromatic amines is 1. The van der Waals surface area contributed by atoms with Gasteiger partial charge in [0.15, 0.2) is 15.6 Å². The van der Waals surface area contributed by atoms with E-state index in [4.69, 9.17) is 4.84 Å². The van der Waals surface area contributed by atoms with E-state index in [2.05, 4.69) is 10.3 Å². The zero-order valence-corrected chi connectivity index (χ0v) is 16.9. The number of hydrogen-bond donors (Lipinski definition) is 1. The van der Waals surface area contributed by atoms with Gasteiger partial charge >= 0.3 is 0 Å². The third-order valence-electron chi connectivity index (χ3n) is 4.77. The SMILES string of the molecule is CCCCc1c(C(=O)c2c[nH]n(C)c2=O)ccc(S(C)(=O)=O)c1C1=NOCC1. The number of hydrogen-bond acceptors (Lipinski definition) is 6. The fraction of sp³-hybridized carbons (Fsp3) is 0.421. The minimum Gasteiger partial charge on any atom is -0.395 e. The summed E-state index contributed by atoms with van der Waals surface area (Å²) < 4.78 is 26.0. The smallest absolute Gasteiger partial charge is 0.277 e. The molecule has 2 heterocycles. The zero-order chi connectivity index (χ0) is 20.5. The Bertz CT molecular complexity index is 1110. The van der Waals surface area contributed by atoms with Crippen LogP contribution in [-0.2, 0) is 28.1 Å². The van der Waals surface area contributed by atoms with Crippen LogP contribution in [0.3, 0.4) is 0 Å². The lowest BCUT2D eigenvalue weighted by molar-refractivity contribution is 0.103. The number of unbranched alkanes of at least 4 members (excludes halogenated alkanes) is 1. The molecule has 0 saturated heterocycles. The van der Waals surface area contributed by atoms with E-state index in [0.29, 0.717) is 41.9 Å². The number of sulfone groups is 1. The van der Waals surface area contributed by atoms with Gasteiger partial charge in [0, 0.05) is 37.0 Å². The maximum atomic E-state index is 13.1. The van der Waals surface area contributed by atoms with Crippen LogP contribution in [0.2, 0.25) is 0 Å². The van der Waals surface area contributed by atoms with Crippen molar-refractivity contribution in [3.63, 3.8) is 0 Å². The van der Waals surface area contributed by atoms with E-state index in [0.717, 1.165) is 19.1 Å². The van der Waals surface area contributed by atoms with E-state index < -0.39 is 21.2 Å². The van der Waals surface area contributed by atoms with Crippen LogP contribution in [0.4, 0.5) is 0 Å². The minimum absolute atomic E-state index is 0.0166. The Morgan fingerprint density at radius 3 is 2.61 bits per heavy atom. The number of benzene rings is 1. The lowest BCUT2D eigenvalue weighted by atomic mass is 9.89. The summed E-state index contributed by atoms with van der Waals surface area (Å²) in [6, 6.07) is 2.92. The highest BCUT2D eigenvalue weighted by molar-refractivity contribution is 7.90. The molecule has 3 rings (SSSR count). The molecule has 0 atom stereocenters. The van der Waals surface area contributed by atoms with Gasteiger partial charge in [-0.1, -0.05) is 18.5 Å². The van der Waals surface area contributed by atoms with Crippen LogP contribution in [0.15, 0.2) is 33.2 Å². The van der Waals surface area contributed by atoms with Gasteiger partial charge < -0.3 is 9.94 Å². The molecule has 0 bridgehead atoms. The summed E-state index contributed by atoms with van der Waals surface area (Å²) in [5.74, 6) is -0.436. The summed E-state index contributed by atoms with van der Waals surface area (Å²) in [5, 5.41) is 6.71. The van der Waals surface area contributed by atoms with Crippen LogP contribution in [0, 0.1) is 0 Å². The number of aryl methyl sites for hydroxylation is 1. The van der Waals surface area contributed by atoms with Crippen LogP contribution < -0.4 is 5.56 Å². The summed E-state index contributed by atoms with van der Waals surface area (Å²) >= 11 is 0. The van der Waals surface area contributed by atoms with Crippen molar-refractivity contribution in [1.29, 1.82) is 0 Å². The maximum Gasteiger partial charge on any atom is 0.277 e. The highest BCUT2D eigenvalue weighted by Crippen LogP contribution is 2.29.